The maximum atomic E-state index is 13.0. The van der Waals surface area contributed by atoms with Gasteiger partial charge >= 0.3 is 0 Å². The number of anilines is 1. The first-order valence-corrected chi connectivity index (χ1v) is 8.29. The Morgan fingerprint density at radius 1 is 1.12 bits per heavy atom. The Morgan fingerprint density at radius 3 is 2.50 bits per heavy atom. The summed E-state index contributed by atoms with van der Waals surface area (Å²) in [5.74, 6) is -0.581. The van der Waals surface area contributed by atoms with E-state index in [1.165, 1.54) is 23.5 Å². The summed E-state index contributed by atoms with van der Waals surface area (Å²) in [5.41, 5.74) is 4.47. The Labute approximate surface area is 143 Å². The van der Waals surface area contributed by atoms with Gasteiger partial charge < -0.3 is 5.32 Å². The van der Waals surface area contributed by atoms with Crippen LogP contribution in [0.2, 0.25) is 0 Å². The van der Waals surface area contributed by atoms with E-state index in [1.54, 1.807) is 17.5 Å². The van der Waals surface area contributed by atoms with Crippen LogP contribution >= 0.6 is 11.3 Å². The molecule has 0 saturated carbocycles. The van der Waals surface area contributed by atoms with Crippen molar-refractivity contribution in [1.82, 2.24) is 9.97 Å². The number of nitrogens with one attached hydrogen (secondary N) is 1. The molecule has 24 heavy (non-hydrogen) atoms. The van der Waals surface area contributed by atoms with Crippen molar-refractivity contribution in [3.05, 3.63) is 64.2 Å². The molecular weight excluding hydrogens is 325 g/mol. The average Bonchev–Trinajstić information content (AvgIpc) is 3.01. The number of aromatic nitrogens is 2. The molecule has 0 unspecified atom stereocenters. The molecular formula is C18H16FN3OS. The number of pyridine rings is 1. The molecule has 0 bridgehead atoms. The number of rotatable bonds is 3. The number of halogens is 1. The smallest absolute Gasteiger partial charge is 0.275 e. The Morgan fingerprint density at radius 2 is 1.83 bits per heavy atom. The van der Waals surface area contributed by atoms with Gasteiger partial charge in [0, 0.05) is 16.6 Å². The van der Waals surface area contributed by atoms with Gasteiger partial charge in [-0.15, -0.1) is 11.3 Å². The molecule has 0 aliphatic rings. The summed E-state index contributed by atoms with van der Waals surface area (Å²) in [7, 11) is 0. The molecule has 122 valence electrons. The summed E-state index contributed by atoms with van der Waals surface area (Å²) in [5, 5.41) is 5.25. The first kappa shape index (κ1) is 16.3. The van der Waals surface area contributed by atoms with E-state index in [0.717, 1.165) is 22.5 Å². The molecule has 0 radical (unpaired) electrons. The molecule has 4 nitrogen and oxygen atoms in total. The second-order valence-corrected chi connectivity index (χ2v) is 6.40. The van der Waals surface area contributed by atoms with E-state index in [4.69, 9.17) is 0 Å². The highest BCUT2D eigenvalue weighted by molar-refractivity contribution is 7.13. The standard InChI is InChI=1S/C18H16FN3OS/c1-10-8-11(2)20-12(3)16(10)22-17(23)15-9-24-18(21-15)13-4-6-14(19)7-5-13/h4-9H,1-3H3,(H,22,23). The van der Waals surface area contributed by atoms with Gasteiger partial charge in [-0.05, 0) is 56.7 Å². The molecule has 0 saturated heterocycles. The van der Waals surface area contributed by atoms with Crippen LogP contribution in [0.3, 0.4) is 0 Å². The van der Waals surface area contributed by atoms with Crippen molar-refractivity contribution in [3.63, 3.8) is 0 Å². The van der Waals surface area contributed by atoms with Crippen molar-refractivity contribution in [3.8, 4) is 10.6 Å². The molecule has 1 amide bonds. The highest BCUT2D eigenvalue weighted by Crippen LogP contribution is 2.25. The molecule has 2 heterocycles. The van der Waals surface area contributed by atoms with E-state index in [9.17, 15) is 9.18 Å². The first-order valence-electron chi connectivity index (χ1n) is 7.41. The molecule has 2 aromatic heterocycles. The van der Waals surface area contributed by atoms with Crippen LogP contribution in [0.5, 0.6) is 0 Å². The lowest BCUT2D eigenvalue weighted by Gasteiger charge is -2.11. The van der Waals surface area contributed by atoms with E-state index >= 15 is 0 Å². The van der Waals surface area contributed by atoms with Gasteiger partial charge in [-0.25, -0.2) is 9.37 Å². The van der Waals surface area contributed by atoms with Crippen molar-refractivity contribution in [2.75, 3.05) is 5.32 Å². The summed E-state index contributed by atoms with van der Waals surface area (Å²) in [4.78, 5) is 21.2. The molecule has 0 atom stereocenters. The Bertz CT molecular complexity index is 880. The molecule has 3 aromatic rings. The van der Waals surface area contributed by atoms with Crippen molar-refractivity contribution in [2.45, 2.75) is 20.8 Å². The number of hydrogen-bond donors (Lipinski definition) is 1. The summed E-state index contributed by atoms with van der Waals surface area (Å²) in [6, 6.07) is 7.97. The molecule has 0 spiro atoms. The highest BCUT2D eigenvalue weighted by atomic mass is 32.1. The van der Waals surface area contributed by atoms with Crippen molar-refractivity contribution < 1.29 is 9.18 Å². The zero-order valence-electron chi connectivity index (χ0n) is 13.6. The Hall–Kier alpha value is -2.60. The summed E-state index contributed by atoms with van der Waals surface area (Å²) >= 11 is 1.35. The number of aryl methyl sites for hydroxylation is 3. The van der Waals surface area contributed by atoms with Crippen molar-refractivity contribution in [2.24, 2.45) is 0 Å². The van der Waals surface area contributed by atoms with E-state index in [2.05, 4.69) is 15.3 Å². The van der Waals surface area contributed by atoms with Gasteiger partial charge in [-0.1, -0.05) is 0 Å². The molecule has 1 N–H and O–H groups in total. The van der Waals surface area contributed by atoms with Gasteiger partial charge in [0.15, 0.2) is 0 Å². The fourth-order valence-electron chi connectivity index (χ4n) is 2.49. The molecule has 3 rings (SSSR count). The minimum absolute atomic E-state index is 0.281. The lowest BCUT2D eigenvalue weighted by Crippen LogP contribution is -2.15. The molecule has 1 aromatic carbocycles. The maximum absolute atomic E-state index is 13.0. The van der Waals surface area contributed by atoms with E-state index in [-0.39, 0.29) is 11.7 Å². The fourth-order valence-corrected chi connectivity index (χ4v) is 3.30. The molecule has 6 heteroatoms. The van der Waals surface area contributed by atoms with Gasteiger partial charge in [0.2, 0.25) is 0 Å². The monoisotopic (exact) mass is 341 g/mol. The number of carbonyl (C=O) groups excluding carboxylic acids is 1. The number of thiazole rings is 1. The minimum Gasteiger partial charge on any atom is -0.319 e. The van der Waals surface area contributed by atoms with Crippen LogP contribution in [-0.4, -0.2) is 15.9 Å². The SMILES string of the molecule is Cc1cc(C)c(NC(=O)c2csc(-c3ccc(F)cc3)n2)c(C)n1. The molecule has 0 fully saturated rings. The fraction of sp³-hybridized carbons (Fsp3) is 0.167. The van der Waals surface area contributed by atoms with Gasteiger partial charge in [0.1, 0.15) is 16.5 Å². The summed E-state index contributed by atoms with van der Waals surface area (Å²) in [6.45, 7) is 5.71. The van der Waals surface area contributed by atoms with Gasteiger partial charge in [0.05, 0.1) is 11.4 Å². The average molecular weight is 341 g/mol. The number of amides is 1. The first-order chi connectivity index (χ1) is 11.4. The third-order valence-corrected chi connectivity index (χ3v) is 4.48. The Balaban J connectivity index is 1.83. The Kier molecular flexibility index (Phi) is 4.40. The van der Waals surface area contributed by atoms with Crippen LogP contribution in [0, 0.1) is 26.6 Å². The highest BCUT2D eigenvalue weighted by Gasteiger charge is 2.15. The predicted octanol–water partition coefficient (Wildman–Crippen LogP) is 4.52. The number of carbonyl (C=O) groups is 1. The lowest BCUT2D eigenvalue weighted by atomic mass is 10.1. The largest absolute Gasteiger partial charge is 0.319 e. The predicted molar refractivity (Wildman–Crippen MR) is 93.9 cm³/mol. The van der Waals surface area contributed by atoms with Crippen LogP contribution < -0.4 is 5.32 Å². The summed E-state index contributed by atoms with van der Waals surface area (Å²) < 4.78 is 13.0. The van der Waals surface area contributed by atoms with Crippen LogP contribution in [0.1, 0.15) is 27.4 Å². The van der Waals surface area contributed by atoms with Crippen LogP contribution in [0.25, 0.3) is 10.6 Å². The van der Waals surface area contributed by atoms with Crippen LogP contribution in [0.15, 0.2) is 35.7 Å². The maximum Gasteiger partial charge on any atom is 0.275 e. The van der Waals surface area contributed by atoms with E-state index < -0.39 is 0 Å². The summed E-state index contributed by atoms with van der Waals surface area (Å²) in [6.07, 6.45) is 0. The third-order valence-electron chi connectivity index (χ3n) is 3.59. The minimum atomic E-state index is -0.300. The number of benzene rings is 1. The van der Waals surface area contributed by atoms with E-state index in [1.807, 2.05) is 26.8 Å². The quantitative estimate of drug-likeness (QED) is 0.762. The van der Waals surface area contributed by atoms with Crippen LogP contribution in [-0.2, 0) is 0 Å². The van der Waals surface area contributed by atoms with Crippen LogP contribution in [0.4, 0.5) is 10.1 Å². The number of hydrogen-bond acceptors (Lipinski definition) is 4. The number of nitrogens with zero attached hydrogens (tertiary/aromatic N) is 2. The lowest BCUT2D eigenvalue weighted by molar-refractivity contribution is 0.102. The molecule has 0 aliphatic carbocycles. The second-order valence-electron chi connectivity index (χ2n) is 5.54. The normalized spacial score (nSPS) is 10.7. The van der Waals surface area contributed by atoms with Gasteiger partial charge in [0.25, 0.3) is 5.91 Å². The zero-order valence-corrected chi connectivity index (χ0v) is 14.4. The molecule has 0 aliphatic heterocycles. The van der Waals surface area contributed by atoms with Gasteiger partial charge in [-0.3, -0.25) is 9.78 Å². The van der Waals surface area contributed by atoms with E-state index in [0.29, 0.717) is 16.4 Å². The third kappa shape index (κ3) is 3.33. The zero-order chi connectivity index (χ0) is 17.3. The van der Waals surface area contributed by atoms with Gasteiger partial charge in [-0.2, -0.15) is 0 Å². The topological polar surface area (TPSA) is 54.9 Å². The van der Waals surface area contributed by atoms with Crippen molar-refractivity contribution in [1.29, 1.82) is 0 Å². The van der Waals surface area contributed by atoms with Crippen molar-refractivity contribution >= 4 is 22.9 Å². The second kappa shape index (κ2) is 6.49.